The lowest BCUT2D eigenvalue weighted by molar-refractivity contribution is 0.0322. The predicted molar refractivity (Wildman–Crippen MR) is 69.3 cm³/mol. The van der Waals surface area contributed by atoms with Crippen LogP contribution in [0.3, 0.4) is 0 Å². The Morgan fingerprint density at radius 1 is 1.42 bits per heavy atom. The van der Waals surface area contributed by atoms with Crippen LogP contribution in [0.25, 0.3) is 0 Å². The first kappa shape index (κ1) is 13.5. The molecule has 0 bridgehead atoms. The van der Waals surface area contributed by atoms with Gasteiger partial charge in [-0.3, -0.25) is 9.69 Å². The van der Waals surface area contributed by atoms with Gasteiger partial charge in [0.2, 0.25) is 0 Å². The SMILES string of the molecule is N#Cc1cc(C=O)ccc1OCCN1CCOCC1. The average Bonchev–Trinajstić information content (AvgIpc) is 2.48. The van der Waals surface area contributed by atoms with Gasteiger partial charge in [-0.1, -0.05) is 0 Å². The summed E-state index contributed by atoms with van der Waals surface area (Å²) in [5, 5.41) is 9.01. The summed E-state index contributed by atoms with van der Waals surface area (Å²) in [5.74, 6) is 0.529. The highest BCUT2D eigenvalue weighted by atomic mass is 16.5. The Morgan fingerprint density at radius 2 is 2.21 bits per heavy atom. The number of hydrogen-bond acceptors (Lipinski definition) is 5. The number of rotatable bonds is 5. The molecule has 100 valence electrons. The number of carbonyl (C=O) groups is 1. The third-order valence-electron chi connectivity index (χ3n) is 3.03. The Hall–Kier alpha value is -1.90. The molecule has 1 aromatic rings. The molecule has 1 aliphatic heterocycles. The third kappa shape index (κ3) is 3.78. The molecule has 5 nitrogen and oxygen atoms in total. The first-order chi connectivity index (χ1) is 9.33. The van der Waals surface area contributed by atoms with E-state index >= 15 is 0 Å². The monoisotopic (exact) mass is 260 g/mol. The number of benzene rings is 1. The lowest BCUT2D eigenvalue weighted by Gasteiger charge is -2.26. The molecule has 0 spiro atoms. The molecule has 1 saturated heterocycles. The molecule has 0 radical (unpaired) electrons. The van der Waals surface area contributed by atoms with Crippen molar-refractivity contribution in [1.29, 1.82) is 5.26 Å². The van der Waals surface area contributed by atoms with Gasteiger partial charge in [-0.05, 0) is 18.2 Å². The third-order valence-corrected chi connectivity index (χ3v) is 3.03. The fraction of sp³-hybridized carbons (Fsp3) is 0.429. The maximum absolute atomic E-state index is 10.6. The minimum Gasteiger partial charge on any atom is -0.491 e. The molecular weight excluding hydrogens is 244 g/mol. The molecule has 0 aromatic heterocycles. The summed E-state index contributed by atoms with van der Waals surface area (Å²) in [4.78, 5) is 12.9. The van der Waals surface area contributed by atoms with Crippen molar-refractivity contribution in [3.8, 4) is 11.8 Å². The first-order valence-corrected chi connectivity index (χ1v) is 6.25. The Bertz CT molecular complexity index is 476. The van der Waals surface area contributed by atoms with Gasteiger partial charge in [0.05, 0.1) is 18.8 Å². The van der Waals surface area contributed by atoms with Crippen LogP contribution in [0.15, 0.2) is 18.2 Å². The molecule has 1 aliphatic rings. The molecule has 1 fully saturated rings. The van der Waals surface area contributed by atoms with Gasteiger partial charge in [0.1, 0.15) is 24.7 Å². The average molecular weight is 260 g/mol. The zero-order valence-electron chi connectivity index (χ0n) is 10.7. The second kappa shape index (κ2) is 6.88. The summed E-state index contributed by atoms with van der Waals surface area (Å²) in [6, 6.07) is 6.90. The molecule has 0 saturated carbocycles. The van der Waals surface area contributed by atoms with E-state index in [-0.39, 0.29) is 0 Å². The van der Waals surface area contributed by atoms with Crippen LogP contribution in [0.5, 0.6) is 5.75 Å². The number of morpholine rings is 1. The fourth-order valence-electron chi connectivity index (χ4n) is 1.94. The maximum atomic E-state index is 10.6. The normalized spacial score (nSPS) is 15.7. The Balaban J connectivity index is 1.88. The smallest absolute Gasteiger partial charge is 0.150 e. The summed E-state index contributed by atoms with van der Waals surface area (Å²) in [7, 11) is 0. The van der Waals surface area contributed by atoms with Crippen molar-refractivity contribution < 1.29 is 14.3 Å². The largest absolute Gasteiger partial charge is 0.491 e. The van der Waals surface area contributed by atoms with Gasteiger partial charge in [0.25, 0.3) is 0 Å². The molecule has 0 aliphatic carbocycles. The maximum Gasteiger partial charge on any atom is 0.150 e. The van der Waals surface area contributed by atoms with Crippen molar-refractivity contribution in [2.24, 2.45) is 0 Å². The van der Waals surface area contributed by atoms with Crippen LogP contribution in [0, 0.1) is 11.3 Å². The molecule has 2 rings (SSSR count). The molecule has 0 unspecified atom stereocenters. The highest BCUT2D eigenvalue weighted by molar-refractivity contribution is 5.76. The van der Waals surface area contributed by atoms with Gasteiger partial charge in [0, 0.05) is 25.2 Å². The van der Waals surface area contributed by atoms with Crippen LogP contribution in [0.1, 0.15) is 15.9 Å². The standard InChI is InChI=1S/C14H16N2O3/c15-10-13-9-12(11-17)1-2-14(13)19-8-5-16-3-6-18-7-4-16/h1-2,9,11H,3-8H2. The van der Waals surface area contributed by atoms with Crippen LogP contribution in [-0.2, 0) is 4.74 Å². The number of aldehydes is 1. The van der Waals surface area contributed by atoms with Crippen LogP contribution >= 0.6 is 0 Å². The van der Waals surface area contributed by atoms with E-state index in [4.69, 9.17) is 14.7 Å². The fourth-order valence-corrected chi connectivity index (χ4v) is 1.94. The lowest BCUT2D eigenvalue weighted by atomic mass is 10.1. The topological polar surface area (TPSA) is 62.6 Å². The highest BCUT2D eigenvalue weighted by Gasteiger charge is 2.10. The van der Waals surface area contributed by atoms with Crippen molar-refractivity contribution in [2.45, 2.75) is 0 Å². The number of nitriles is 1. The number of nitrogens with zero attached hydrogens (tertiary/aromatic N) is 2. The van der Waals surface area contributed by atoms with E-state index in [1.54, 1.807) is 12.1 Å². The molecule has 5 heteroatoms. The number of carbonyl (C=O) groups excluding carboxylic acids is 1. The highest BCUT2D eigenvalue weighted by Crippen LogP contribution is 2.18. The van der Waals surface area contributed by atoms with Crippen LogP contribution in [-0.4, -0.2) is 50.6 Å². The van der Waals surface area contributed by atoms with E-state index in [1.807, 2.05) is 6.07 Å². The molecule has 1 aromatic carbocycles. The number of ether oxygens (including phenoxy) is 2. The van der Waals surface area contributed by atoms with Gasteiger partial charge < -0.3 is 9.47 Å². The van der Waals surface area contributed by atoms with E-state index in [2.05, 4.69) is 4.90 Å². The summed E-state index contributed by atoms with van der Waals surface area (Å²) < 4.78 is 10.9. The van der Waals surface area contributed by atoms with Gasteiger partial charge in [-0.15, -0.1) is 0 Å². The Morgan fingerprint density at radius 3 is 2.89 bits per heavy atom. The lowest BCUT2D eigenvalue weighted by Crippen LogP contribution is -2.38. The molecule has 1 heterocycles. The van der Waals surface area contributed by atoms with E-state index in [0.717, 1.165) is 39.1 Å². The Labute approximate surface area is 112 Å². The summed E-state index contributed by atoms with van der Waals surface area (Å²) in [6.07, 6.45) is 0.721. The van der Waals surface area contributed by atoms with Crippen molar-refractivity contribution in [1.82, 2.24) is 4.90 Å². The van der Waals surface area contributed by atoms with E-state index in [1.165, 1.54) is 6.07 Å². The zero-order chi connectivity index (χ0) is 13.5. The van der Waals surface area contributed by atoms with Crippen LogP contribution in [0.2, 0.25) is 0 Å². The van der Waals surface area contributed by atoms with Crippen LogP contribution in [0.4, 0.5) is 0 Å². The molecular formula is C14H16N2O3. The second-order valence-corrected chi connectivity index (χ2v) is 4.29. The van der Waals surface area contributed by atoms with Gasteiger partial charge in [0.15, 0.2) is 0 Å². The minimum atomic E-state index is 0.395. The quantitative estimate of drug-likeness (QED) is 0.741. The van der Waals surface area contributed by atoms with Crippen molar-refractivity contribution in [3.05, 3.63) is 29.3 Å². The second-order valence-electron chi connectivity index (χ2n) is 4.29. The first-order valence-electron chi connectivity index (χ1n) is 6.25. The van der Waals surface area contributed by atoms with E-state index in [0.29, 0.717) is 23.5 Å². The summed E-state index contributed by atoms with van der Waals surface area (Å²) >= 11 is 0. The molecule has 19 heavy (non-hydrogen) atoms. The van der Waals surface area contributed by atoms with E-state index < -0.39 is 0 Å². The summed E-state index contributed by atoms with van der Waals surface area (Å²) in [5.41, 5.74) is 0.878. The zero-order valence-corrected chi connectivity index (χ0v) is 10.7. The summed E-state index contributed by atoms with van der Waals surface area (Å²) in [6.45, 7) is 4.69. The van der Waals surface area contributed by atoms with Gasteiger partial charge in [-0.2, -0.15) is 5.26 Å². The minimum absolute atomic E-state index is 0.395. The molecule has 0 amide bonds. The Kier molecular flexibility index (Phi) is 4.90. The van der Waals surface area contributed by atoms with Crippen molar-refractivity contribution in [2.75, 3.05) is 39.5 Å². The van der Waals surface area contributed by atoms with E-state index in [9.17, 15) is 4.79 Å². The number of hydrogen-bond donors (Lipinski definition) is 0. The predicted octanol–water partition coefficient (Wildman–Crippen LogP) is 1.08. The van der Waals surface area contributed by atoms with Gasteiger partial charge >= 0.3 is 0 Å². The van der Waals surface area contributed by atoms with Crippen molar-refractivity contribution >= 4 is 6.29 Å². The van der Waals surface area contributed by atoms with Gasteiger partial charge in [-0.25, -0.2) is 0 Å². The van der Waals surface area contributed by atoms with Crippen LogP contribution < -0.4 is 4.74 Å². The molecule has 0 atom stereocenters. The molecule has 0 N–H and O–H groups in total. The van der Waals surface area contributed by atoms with Crippen molar-refractivity contribution in [3.63, 3.8) is 0 Å².